The minimum absolute atomic E-state index is 1.04. The lowest BCUT2D eigenvalue weighted by atomic mass is 10.1. The molecule has 1 nitrogen and oxygen atoms in total. The Hall–Kier alpha value is -0.740. The van der Waals surface area contributed by atoms with Crippen molar-refractivity contribution < 1.29 is 0 Å². The molecule has 1 saturated heterocycles. The second-order valence-electron chi connectivity index (χ2n) is 3.83. The van der Waals surface area contributed by atoms with E-state index in [0.717, 1.165) is 6.54 Å². The summed E-state index contributed by atoms with van der Waals surface area (Å²) in [5.74, 6) is 0. The van der Waals surface area contributed by atoms with E-state index in [1.165, 1.54) is 37.9 Å². The molecule has 1 aliphatic rings. The average molecular weight is 177 g/mol. The van der Waals surface area contributed by atoms with Crippen LogP contribution in [0.4, 0.5) is 0 Å². The van der Waals surface area contributed by atoms with Gasteiger partial charge in [0.15, 0.2) is 0 Å². The first-order valence-corrected chi connectivity index (χ1v) is 5.15. The maximum Gasteiger partial charge on any atom is 0.0244 e. The summed E-state index contributed by atoms with van der Waals surface area (Å²) in [6.45, 7) is 7.64. The lowest BCUT2D eigenvalue weighted by molar-refractivity contribution is 0.251. The zero-order chi connectivity index (χ0) is 9.52. The molecule has 0 aromatic heterocycles. The minimum atomic E-state index is 1.04. The van der Waals surface area contributed by atoms with E-state index in [4.69, 9.17) is 0 Å². The number of hydrogen-bond donors (Lipinski definition) is 0. The predicted molar refractivity (Wildman–Crippen MR) is 56.7 cm³/mol. The van der Waals surface area contributed by atoms with Gasteiger partial charge in [0.05, 0.1) is 0 Å². The largest absolute Gasteiger partial charge is 0.299 e. The third-order valence-electron chi connectivity index (χ3n) is 2.22. The summed E-state index contributed by atoms with van der Waals surface area (Å²) < 4.78 is 0. The molecular formula is C12H19N. The van der Waals surface area contributed by atoms with Crippen LogP contribution in [0.15, 0.2) is 23.1 Å². The third kappa shape index (κ3) is 4.75. The first-order valence-electron chi connectivity index (χ1n) is 5.15. The maximum atomic E-state index is 3.08. The lowest BCUT2D eigenvalue weighted by Gasteiger charge is -2.24. The van der Waals surface area contributed by atoms with Gasteiger partial charge in [0.1, 0.15) is 0 Å². The molecule has 1 fully saturated rings. The Balaban J connectivity index is 2.32. The SMILES string of the molecule is CC(C)=C=C=CCN1CCCCC1. The van der Waals surface area contributed by atoms with E-state index < -0.39 is 0 Å². The van der Waals surface area contributed by atoms with E-state index in [0.29, 0.717) is 0 Å². The normalized spacial score (nSPS) is 17.4. The molecule has 0 aliphatic carbocycles. The molecule has 1 aliphatic heterocycles. The van der Waals surface area contributed by atoms with Gasteiger partial charge in [0, 0.05) is 6.54 Å². The topological polar surface area (TPSA) is 3.24 Å². The standard InChI is InChI=1S/C12H19N/c1-12(2)8-4-7-11-13-9-5-3-6-10-13/h7H,3,5-6,9-11H2,1-2H3. The van der Waals surface area contributed by atoms with E-state index in [9.17, 15) is 0 Å². The Bertz CT molecular complexity index is 230. The van der Waals surface area contributed by atoms with Crippen LogP contribution in [0.3, 0.4) is 0 Å². The van der Waals surface area contributed by atoms with E-state index in [-0.39, 0.29) is 0 Å². The van der Waals surface area contributed by atoms with Crippen LogP contribution in [-0.2, 0) is 0 Å². The van der Waals surface area contributed by atoms with Gasteiger partial charge in [-0.2, -0.15) is 0 Å². The Morgan fingerprint density at radius 3 is 2.54 bits per heavy atom. The molecule has 0 unspecified atom stereocenters. The molecule has 0 saturated carbocycles. The fraction of sp³-hybridized carbons (Fsp3) is 0.667. The maximum absolute atomic E-state index is 3.08. The molecule has 13 heavy (non-hydrogen) atoms. The van der Waals surface area contributed by atoms with Gasteiger partial charge in [-0.25, -0.2) is 0 Å². The van der Waals surface area contributed by atoms with Gasteiger partial charge in [0.25, 0.3) is 0 Å². The van der Waals surface area contributed by atoms with E-state index >= 15 is 0 Å². The summed E-state index contributed by atoms with van der Waals surface area (Å²) in [4.78, 5) is 2.48. The molecule has 1 rings (SSSR count). The monoisotopic (exact) mass is 177 g/mol. The summed E-state index contributed by atoms with van der Waals surface area (Å²) in [6, 6.07) is 0. The highest BCUT2D eigenvalue weighted by Gasteiger charge is 2.06. The number of nitrogens with zero attached hydrogens (tertiary/aromatic N) is 1. The molecule has 0 amide bonds. The highest BCUT2D eigenvalue weighted by atomic mass is 15.1. The van der Waals surface area contributed by atoms with Crippen LogP contribution in [0, 0.1) is 0 Å². The van der Waals surface area contributed by atoms with Crippen LogP contribution in [0.1, 0.15) is 33.1 Å². The van der Waals surface area contributed by atoms with Gasteiger partial charge in [-0.1, -0.05) is 17.9 Å². The molecule has 0 aromatic rings. The minimum Gasteiger partial charge on any atom is -0.299 e. The van der Waals surface area contributed by atoms with Crippen LogP contribution >= 0.6 is 0 Å². The second-order valence-corrected chi connectivity index (χ2v) is 3.83. The Kier molecular flexibility index (Phi) is 4.64. The fourth-order valence-electron chi connectivity index (χ4n) is 1.51. The van der Waals surface area contributed by atoms with Gasteiger partial charge in [-0.3, -0.25) is 4.90 Å². The van der Waals surface area contributed by atoms with Crippen LogP contribution in [0.25, 0.3) is 0 Å². The van der Waals surface area contributed by atoms with Crippen LogP contribution in [-0.4, -0.2) is 24.5 Å². The average Bonchev–Trinajstić information content (AvgIpc) is 2.14. The van der Waals surface area contributed by atoms with Gasteiger partial charge >= 0.3 is 0 Å². The first kappa shape index (κ1) is 10.3. The summed E-state index contributed by atoms with van der Waals surface area (Å²) in [5, 5.41) is 0. The number of piperidine rings is 1. The van der Waals surface area contributed by atoms with Crippen molar-refractivity contribution in [2.45, 2.75) is 33.1 Å². The highest BCUT2D eigenvalue weighted by molar-refractivity contribution is 4.95. The lowest BCUT2D eigenvalue weighted by Crippen LogP contribution is -2.29. The molecule has 1 heteroatoms. The summed E-state index contributed by atoms with van der Waals surface area (Å²) >= 11 is 0. The second kappa shape index (κ2) is 5.83. The molecule has 0 N–H and O–H groups in total. The van der Waals surface area contributed by atoms with Crippen LogP contribution in [0.2, 0.25) is 0 Å². The van der Waals surface area contributed by atoms with Crippen molar-refractivity contribution in [2.24, 2.45) is 0 Å². The Morgan fingerprint density at radius 2 is 1.92 bits per heavy atom. The van der Waals surface area contributed by atoms with Crippen molar-refractivity contribution in [2.75, 3.05) is 19.6 Å². The summed E-state index contributed by atoms with van der Waals surface area (Å²) in [7, 11) is 0. The number of allylic oxidation sites excluding steroid dienone is 1. The van der Waals surface area contributed by atoms with Crippen LogP contribution in [0.5, 0.6) is 0 Å². The first-order chi connectivity index (χ1) is 6.29. The Morgan fingerprint density at radius 1 is 1.23 bits per heavy atom. The highest BCUT2D eigenvalue weighted by Crippen LogP contribution is 2.07. The van der Waals surface area contributed by atoms with E-state index in [1.807, 2.05) is 13.8 Å². The summed E-state index contributed by atoms with van der Waals surface area (Å²) in [5.41, 5.74) is 7.34. The molecular weight excluding hydrogens is 158 g/mol. The molecule has 0 bridgehead atoms. The molecule has 0 atom stereocenters. The van der Waals surface area contributed by atoms with Gasteiger partial charge in [0.2, 0.25) is 0 Å². The Labute approximate surface area is 81.4 Å². The number of likely N-dealkylation sites (tertiary alicyclic amines) is 1. The zero-order valence-electron chi connectivity index (χ0n) is 8.77. The molecule has 1 heterocycles. The quantitative estimate of drug-likeness (QED) is 0.586. The van der Waals surface area contributed by atoms with Crippen molar-refractivity contribution in [3.63, 3.8) is 0 Å². The van der Waals surface area contributed by atoms with Gasteiger partial charge in [-0.05, 0) is 51.4 Å². The van der Waals surface area contributed by atoms with Crippen LogP contribution < -0.4 is 0 Å². The summed E-state index contributed by atoms with van der Waals surface area (Å²) in [6.07, 6.45) is 6.21. The smallest absolute Gasteiger partial charge is 0.0244 e. The zero-order valence-corrected chi connectivity index (χ0v) is 8.77. The van der Waals surface area contributed by atoms with Crippen molar-refractivity contribution in [1.29, 1.82) is 0 Å². The van der Waals surface area contributed by atoms with Crippen molar-refractivity contribution in [3.05, 3.63) is 23.1 Å². The predicted octanol–water partition coefficient (Wildman–Crippen LogP) is 2.75. The molecule has 0 spiro atoms. The molecule has 0 radical (unpaired) electrons. The molecule has 72 valence electrons. The van der Waals surface area contributed by atoms with Crippen molar-refractivity contribution >= 4 is 0 Å². The number of hydrogen-bond acceptors (Lipinski definition) is 1. The molecule has 0 aromatic carbocycles. The van der Waals surface area contributed by atoms with E-state index in [1.54, 1.807) is 0 Å². The van der Waals surface area contributed by atoms with Crippen molar-refractivity contribution in [3.8, 4) is 0 Å². The fourth-order valence-corrected chi connectivity index (χ4v) is 1.51. The third-order valence-corrected chi connectivity index (χ3v) is 2.22. The van der Waals surface area contributed by atoms with Gasteiger partial charge < -0.3 is 0 Å². The van der Waals surface area contributed by atoms with Crippen molar-refractivity contribution in [1.82, 2.24) is 4.90 Å². The van der Waals surface area contributed by atoms with E-state index in [2.05, 4.69) is 22.4 Å². The van der Waals surface area contributed by atoms with Gasteiger partial charge in [-0.15, -0.1) is 0 Å². The number of rotatable bonds is 2.